The Balaban J connectivity index is 1.28. The summed E-state index contributed by atoms with van der Waals surface area (Å²) in [6.45, 7) is 10.8. The third-order valence-corrected chi connectivity index (χ3v) is 21.2. The standard InChI is InChI=1S/C78H110N14O20S2/c1-7-48(5)67-75(105)86-55(27-18-19-31-80-64(97)43-112-36-35-111-34-32-81-63(96)42-110-8-2)70(100)83-53(38-50-21-12-9-13-22-50)40-62(95)85-59(78(108)109)45-114-113-44-58(73(103)89-67)88-74(104)60-28-20-33-92(60)77(107)69(66(51-23-14-10-15-24-51)52-25-16-11-17-26-52)91-72(102)57(39-54-41-79-46-82-54)87-76(106)68(49(6)93)90-71(101)56(29-30-65(98)99)84-61(94)37-47(3)4/h9-17,21-26,41,46-49,53,55-60,66-69,93H,7-8,18-20,27-40,42-45H2,1-6H3,(H,79,82)(H,80,97)(H,81,96)(H,83,100)(H,84,94)(H,85,95)(H,86,105)(H,87,106)(H,88,104)(H,89,103)(H,90,101)(H,91,102)(H,98,99)(H,108,109)/t48-,49+,53-,55-,56-,57-,58-,59-,60-,67-,68-,69-/m0/s1. The minimum Gasteiger partial charge on any atom is -0.481 e. The van der Waals surface area contributed by atoms with Gasteiger partial charge in [-0.05, 0) is 87.3 Å². The second-order valence-corrected chi connectivity index (χ2v) is 30.9. The number of aliphatic carboxylic acids is 2. The zero-order valence-electron chi connectivity index (χ0n) is 65.2. The molecule has 624 valence electrons. The number of carbonyl (C=O) groups excluding carboxylic acids is 12. The van der Waals surface area contributed by atoms with E-state index in [-0.39, 0.29) is 134 Å². The van der Waals surface area contributed by atoms with E-state index in [1.54, 1.807) is 126 Å². The van der Waals surface area contributed by atoms with Crippen molar-refractivity contribution in [1.29, 1.82) is 0 Å². The van der Waals surface area contributed by atoms with E-state index in [0.717, 1.165) is 27.2 Å². The van der Waals surface area contributed by atoms with Gasteiger partial charge in [0.15, 0.2) is 0 Å². The van der Waals surface area contributed by atoms with E-state index in [4.69, 9.17) is 14.2 Å². The largest absolute Gasteiger partial charge is 0.481 e. The van der Waals surface area contributed by atoms with Crippen LogP contribution in [0.1, 0.15) is 134 Å². The molecule has 2 fully saturated rings. The van der Waals surface area contributed by atoms with E-state index < -0.39 is 162 Å². The summed E-state index contributed by atoms with van der Waals surface area (Å²) < 4.78 is 16.0. The molecule has 3 aromatic carbocycles. The fourth-order valence-corrected chi connectivity index (χ4v) is 15.0. The molecule has 36 heteroatoms. The summed E-state index contributed by atoms with van der Waals surface area (Å²) in [4.78, 5) is 204. The maximum absolute atomic E-state index is 16.0. The summed E-state index contributed by atoms with van der Waals surface area (Å²) in [5, 5.41) is 60.9. The number of hydrogen-bond acceptors (Lipinski definition) is 21. The number of hydrogen-bond donors (Lipinski definition) is 15. The highest BCUT2D eigenvalue weighted by Crippen LogP contribution is 2.32. The highest BCUT2D eigenvalue weighted by Gasteiger charge is 2.45. The summed E-state index contributed by atoms with van der Waals surface area (Å²) in [5.74, 6) is -14.0. The normalized spacial score (nSPS) is 19.4. The van der Waals surface area contributed by atoms with Gasteiger partial charge in [0.25, 0.3) is 0 Å². The Kier molecular flexibility index (Phi) is 40.4. The number of nitrogens with one attached hydrogen (secondary N) is 12. The number of aliphatic hydroxyl groups is 1. The average molecular weight is 1630 g/mol. The van der Waals surface area contributed by atoms with Crippen LogP contribution in [0.5, 0.6) is 0 Å². The van der Waals surface area contributed by atoms with Gasteiger partial charge in [-0.15, -0.1) is 0 Å². The number of likely N-dealkylation sites (tertiary alicyclic amines) is 1. The van der Waals surface area contributed by atoms with Crippen LogP contribution in [0.4, 0.5) is 0 Å². The van der Waals surface area contributed by atoms with Crippen LogP contribution in [0, 0.1) is 11.8 Å². The van der Waals surface area contributed by atoms with Crippen molar-refractivity contribution in [2.45, 2.75) is 191 Å². The second-order valence-electron chi connectivity index (χ2n) is 28.3. The number of carbonyl (C=O) groups is 14. The number of imidazole rings is 1. The zero-order chi connectivity index (χ0) is 83.1. The van der Waals surface area contributed by atoms with Gasteiger partial charge < -0.3 is 97.9 Å². The Morgan fingerprint density at radius 3 is 1.91 bits per heavy atom. The van der Waals surface area contributed by atoms with E-state index in [1.807, 2.05) is 0 Å². The lowest BCUT2D eigenvalue weighted by Gasteiger charge is -2.35. The quantitative estimate of drug-likeness (QED) is 0.0218. The molecule has 6 rings (SSSR count). The smallest absolute Gasteiger partial charge is 0.327 e. The molecule has 4 aromatic rings. The first-order valence-electron chi connectivity index (χ1n) is 38.4. The molecule has 0 spiro atoms. The number of aliphatic hydroxyl groups excluding tert-OH is 1. The van der Waals surface area contributed by atoms with E-state index in [9.17, 15) is 63.3 Å². The number of unbranched alkanes of at least 4 members (excludes halogenated alkanes) is 1. The molecule has 2 aliphatic rings. The topological polar surface area (TPSA) is 492 Å². The Morgan fingerprint density at radius 1 is 0.658 bits per heavy atom. The summed E-state index contributed by atoms with van der Waals surface area (Å²) >= 11 is 0. The Hall–Kier alpha value is -10.0. The van der Waals surface area contributed by atoms with Crippen LogP contribution in [0.15, 0.2) is 104 Å². The molecule has 12 atom stereocenters. The first-order chi connectivity index (χ1) is 54.7. The minimum absolute atomic E-state index is 0.0123. The van der Waals surface area contributed by atoms with Gasteiger partial charge in [-0.1, -0.05) is 147 Å². The Labute approximate surface area is 670 Å². The molecule has 15 N–H and O–H groups in total. The number of ether oxygens (including phenoxy) is 3. The number of benzene rings is 3. The minimum atomic E-state index is -1.81. The van der Waals surface area contributed by atoms with Crippen LogP contribution in [-0.2, 0) is 94.2 Å². The van der Waals surface area contributed by atoms with Gasteiger partial charge in [0.2, 0.25) is 70.9 Å². The maximum Gasteiger partial charge on any atom is 0.327 e. The molecule has 1 aromatic heterocycles. The molecule has 12 amide bonds. The van der Waals surface area contributed by atoms with Crippen molar-refractivity contribution in [2.75, 3.05) is 70.8 Å². The van der Waals surface area contributed by atoms with Crippen molar-refractivity contribution in [1.82, 2.24) is 73.4 Å². The van der Waals surface area contributed by atoms with Crippen molar-refractivity contribution in [2.24, 2.45) is 11.8 Å². The molecule has 2 saturated heterocycles. The molecule has 3 heterocycles. The van der Waals surface area contributed by atoms with Crippen LogP contribution >= 0.6 is 21.6 Å². The number of carboxylic acids is 2. The van der Waals surface area contributed by atoms with Crippen LogP contribution in [0.3, 0.4) is 0 Å². The Bertz CT molecular complexity index is 3740. The summed E-state index contributed by atoms with van der Waals surface area (Å²) in [7, 11) is 1.95. The predicted molar refractivity (Wildman–Crippen MR) is 422 cm³/mol. The molecule has 34 nitrogen and oxygen atoms in total. The van der Waals surface area contributed by atoms with Gasteiger partial charge in [0, 0.05) is 87.3 Å². The number of rotatable bonds is 42. The third-order valence-electron chi connectivity index (χ3n) is 18.8. The average Bonchev–Trinajstić information content (AvgIpc) is 1.43. The molecule has 114 heavy (non-hydrogen) atoms. The SMILES string of the molecule is CCOCC(=O)NCCOCCOCC(=O)NCCCC[C@@H]1NC(=O)[C@H]([C@@H](C)CC)NC(=O)[C@@H](NC(=O)[C@@H]2CCCN2C(=O)[C@@H](NC(=O)[C@H](Cc2cnc[nH]2)NC(=O)[C@@H](NC(=O)[C@H](CCC(=O)O)NC(=O)CC(C)C)[C@@H](C)O)C(c2ccccc2)c2ccccc2)CSSC[C@@H](C(=O)O)NC(=O)C[C@H](Cc2ccccc2)NC1=O. The van der Waals surface area contributed by atoms with Gasteiger partial charge in [-0.25, -0.2) is 9.78 Å². The van der Waals surface area contributed by atoms with Crippen LogP contribution in [0.2, 0.25) is 0 Å². The maximum atomic E-state index is 16.0. The van der Waals surface area contributed by atoms with Crippen molar-refractivity contribution in [3.63, 3.8) is 0 Å². The Morgan fingerprint density at radius 2 is 1.29 bits per heavy atom. The number of nitrogens with zero attached hydrogens (tertiary/aromatic N) is 2. The van der Waals surface area contributed by atoms with E-state index in [2.05, 4.69) is 68.5 Å². The monoisotopic (exact) mass is 1630 g/mol. The molecular formula is C78H110N14O20S2. The molecule has 2 aliphatic heterocycles. The lowest BCUT2D eigenvalue weighted by molar-refractivity contribution is -0.143. The number of H-pyrrole nitrogens is 1. The molecule has 0 radical (unpaired) electrons. The van der Waals surface area contributed by atoms with E-state index in [1.165, 1.54) is 24.3 Å². The molecule has 0 saturated carbocycles. The number of amides is 12. The van der Waals surface area contributed by atoms with E-state index >= 15 is 19.2 Å². The highest BCUT2D eigenvalue weighted by molar-refractivity contribution is 8.76. The molecule has 0 aliphatic carbocycles. The fourth-order valence-electron chi connectivity index (χ4n) is 12.7. The summed E-state index contributed by atoms with van der Waals surface area (Å²) in [6, 6.07) is 11.8. The number of aromatic nitrogens is 2. The van der Waals surface area contributed by atoms with Crippen molar-refractivity contribution < 1.29 is 96.7 Å². The van der Waals surface area contributed by atoms with Crippen molar-refractivity contribution >= 4 is 104 Å². The van der Waals surface area contributed by atoms with Crippen LogP contribution in [0.25, 0.3) is 0 Å². The van der Waals surface area contributed by atoms with Gasteiger partial charge in [-0.2, -0.15) is 0 Å². The fraction of sp³-hybridized carbons (Fsp3) is 0.551. The van der Waals surface area contributed by atoms with Gasteiger partial charge in [0.1, 0.15) is 67.6 Å². The molecule has 0 unspecified atom stereocenters. The highest BCUT2D eigenvalue weighted by atomic mass is 33.1. The third kappa shape index (κ3) is 32.1. The van der Waals surface area contributed by atoms with Crippen LogP contribution < -0.4 is 58.5 Å². The van der Waals surface area contributed by atoms with Crippen molar-refractivity contribution in [3.8, 4) is 0 Å². The van der Waals surface area contributed by atoms with Crippen LogP contribution in [-0.4, -0.2) is 250 Å². The molecular weight excluding hydrogens is 1520 g/mol. The number of aromatic amines is 1. The van der Waals surface area contributed by atoms with Crippen molar-refractivity contribution in [3.05, 3.63) is 126 Å². The zero-order valence-corrected chi connectivity index (χ0v) is 66.8. The van der Waals surface area contributed by atoms with Gasteiger partial charge >= 0.3 is 11.9 Å². The lowest BCUT2D eigenvalue weighted by Crippen LogP contribution is -2.62. The van der Waals surface area contributed by atoms with E-state index in [0.29, 0.717) is 36.3 Å². The molecule has 0 bridgehead atoms. The predicted octanol–water partition coefficient (Wildman–Crippen LogP) is 1.06. The van der Waals surface area contributed by atoms with Gasteiger partial charge in [-0.3, -0.25) is 62.3 Å². The summed E-state index contributed by atoms with van der Waals surface area (Å²) in [6.07, 6.45) is 0.645. The first-order valence-corrected chi connectivity index (χ1v) is 40.9. The number of carboxylic acid groups (broad SMARTS) is 2. The summed E-state index contributed by atoms with van der Waals surface area (Å²) in [5.41, 5.74) is 2.09. The second kappa shape index (κ2) is 49.6. The lowest BCUT2D eigenvalue weighted by atomic mass is 9.84. The first kappa shape index (κ1) is 92.9. The van der Waals surface area contributed by atoms with Gasteiger partial charge in [0.05, 0.1) is 32.3 Å².